The number of ether oxygens (including phenoxy) is 1. The van der Waals surface area contributed by atoms with Gasteiger partial charge in [-0.25, -0.2) is 4.98 Å². The Morgan fingerprint density at radius 3 is 3.00 bits per heavy atom. The second-order valence-electron chi connectivity index (χ2n) is 2.90. The first-order valence-electron chi connectivity index (χ1n) is 4.02. The zero-order valence-electron chi connectivity index (χ0n) is 6.83. The van der Waals surface area contributed by atoms with Crippen molar-refractivity contribution in [2.45, 2.75) is 18.9 Å². The number of hydrogen-bond donors (Lipinski definition) is 0. The Bertz CT molecular complexity index is 368. The van der Waals surface area contributed by atoms with Crippen LogP contribution in [-0.2, 0) is 0 Å². The quantitative estimate of drug-likeness (QED) is 0.678. The van der Waals surface area contributed by atoms with Crippen LogP contribution < -0.4 is 4.74 Å². The zero-order valence-corrected chi connectivity index (χ0v) is 7.58. The van der Waals surface area contributed by atoms with Gasteiger partial charge < -0.3 is 4.74 Å². The Balaban J connectivity index is 2.32. The number of hydrogen-bond acceptors (Lipinski definition) is 3. The molecule has 1 heterocycles. The predicted molar refractivity (Wildman–Crippen MR) is 47.6 cm³/mol. The molecule has 1 aliphatic rings. The minimum atomic E-state index is 0.209. The van der Waals surface area contributed by atoms with Gasteiger partial charge in [0.2, 0.25) is 0 Å². The Morgan fingerprint density at radius 2 is 2.38 bits per heavy atom. The molecule has 1 saturated carbocycles. The van der Waals surface area contributed by atoms with E-state index in [2.05, 4.69) is 4.98 Å². The van der Waals surface area contributed by atoms with Gasteiger partial charge >= 0.3 is 0 Å². The first kappa shape index (κ1) is 8.33. The van der Waals surface area contributed by atoms with Gasteiger partial charge in [0, 0.05) is 6.20 Å². The van der Waals surface area contributed by atoms with Crippen LogP contribution in [0.4, 0.5) is 0 Å². The fourth-order valence-corrected chi connectivity index (χ4v) is 1.18. The number of aromatic nitrogens is 1. The molecule has 0 spiro atoms. The maximum Gasteiger partial charge on any atom is 0.150 e. The summed E-state index contributed by atoms with van der Waals surface area (Å²) in [5.74, 6) is 0.546. The van der Waals surface area contributed by atoms with Crippen LogP contribution in [0.3, 0.4) is 0 Å². The summed E-state index contributed by atoms with van der Waals surface area (Å²) < 4.78 is 5.48. The molecule has 1 aromatic heterocycles. The summed E-state index contributed by atoms with van der Waals surface area (Å²) >= 11 is 5.72. The van der Waals surface area contributed by atoms with Gasteiger partial charge in [0.1, 0.15) is 17.4 Å². The molecule has 66 valence electrons. The van der Waals surface area contributed by atoms with Crippen LogP contribution in [0.2, 0.25) is 5.15 Å². The number of pyridine rings is 1. The molecule has 0 saturated heterocycles. The van der Waals surface area contributed by atoms with Gasteiger partial charge in [-0.3, -0.25) is 0 Å². The highest BCUT2D eigenvalue weighted by Crippen LogP contribution is 2.30. The molecule has 0 atom stereocenters. The third kappa shape index (κ3) is 1.73. The highest BCUT2D eigenvalue weighted by Gasteiger charge is 2.25. The summed E-state index contributed by atoms with van der Waals surface area (Å²) in [5, 5.41) is 8.99. The average Bonchev–Trinajstić information content (AvgIpc) is 2.89. The van der Waals surface area contributed by atoms with Crippen LogP contribution in [0.1, 0.15) is 18.4 Å². The van der Waals surface area contributed by atoms with Gasteiger partial charge in [-0.15, -0.1) is 0 Å². The second-order valence-corrected chi connectivity index (χ2v) is 3.26. The normalized spacial score (nSPS) is 15.1. The van der Waals surface area contributed by atoms with E-state index in [-0.39, 0.29) is 11.3 Å². The SMILES string of the molecule is N#Cc1c(OC2CC2)ccnc1Cl. The summed E-state index contributed by atoms with van der Waals surface area (Å²) in [6.07, 6.45) is 3.93. The van der Waals surface area contributed by atoms with Crippen molar-refractivity contribution in [2.24, 2.45) is 0 Å². The van der Waals surface area contributed by atoms with Gasteiger partial charge in [0.25, 0.3) is 0 Å². The Hall–Kier alpha value is -1.27. The van der Waals surface area contributed by atoms with Crippen LogP contribution in [0.25, 0.3) is 0 Å². The van der Waals surface area contributed by atoms with Gasteiger partial charge in [0.15, 0.2) is 5.15 Å². The summed E-state index contributed by atoms with van der Waals surface area (Å²) in [5.41, 5.74) is 0.330. The lowest BCUT2D eigenvalue weighted by molar-refractivity contribution is 0.302. The summed E-state index contributed by atoms with van der Waals surface area (Å²) in [7, 11) is 0. The van der Waals surface area contributed by atoms with E-state index in [1.165, 1.54) is 0 Å². The average molecular weight is 195 g/mol. The molecule has 3 nitrogen and oxygen atoms in total. The van der Waals surface area contributed by atoms with Crippen LogP contribution in [0, 0.1) is 11.3 Å². The van der Waals surface area contributed by atoms with Crippen molar-refractivity contribution in [3.8, 4) is 11.8 Å². The van der Waals surface area contributed by atoms with Gasteiger partial charge in [0.05, 0.1) is 6.10 Å². The number of nitrogens with zero attached hydrogens (tertiary/aromatic N) is 2. The minimum Gasteiger partial charge on any atom is -0.489 e. The molecule has 0 aromatic carbocycles. The largest absolute Gasteiger partial charge is 0.489 e. The van der Waals surface area contributed by atoms with Crippen LogP contribution in [0.15, 0.2) is 12.3 Å². The van der Waals surface area contributed by atoms with Crippen LogP contribution >= 0.6 is 11.6 Å². The summed E-state index contributed by atoms with van der Waals surface area (Å²) in [6, 6.07) is 3.65. The molecule has 0 aliphatic heterocycles. The first-order valence-corrected chi connectivity index (χ1v) is 4.40. The van der Waals surface area contributed by atoms with Crippen LogP contribution in [-0.4, -0.2) is 11.1 Å². The maximum absolute atomic E-state index is 8.78. The number of rotatable bonds is 2. The molecule has 2 rings (SSSR count). The second kappa shape index (κ2) is 3.23. The Kier molecular flexibility index (Phi) is 2.07. The van der Waals surface area contributed by atoms with Gasteiger partial charge in [-0.2, -0.15) is 5.26 Å². The van der Waals surface area contributed by atoms with E-state index in [9.17, 15) is 0 Å². The van der Waals surface area contributed by atoms with E-state index in [0.717, 1.165) is 12.8 Å². The number of nitriles is 1. The third-order valence-corrected chi connectivity index (χ3v) is 2.08. The molecule has 0 radical (unpaired) electrons. The standard InChI is InChI=1S/C9H7ClN2O/c10-9-7(5-11)8(3-4-12-9)13-6-1-2-6/h3-4,6H,1-2H2. The van der Waals surface area contributed by atoms with Crippen molar-refractivity contribution in [3.63, 3.8) is 0 Å². The molecule has 4 heteroatoms. The molecule has 1 fully saturated rings. The van der Waals surface area contributed by atoms with E-state index >= 15 is 0 Å². The fraction of sp³-hybridized carbons (Fsp3) is 0.333. The minimum absolute atomic E-state index is 0.209. The van der Waals surface area contributed by atoms with Gasteiger partial charge in [-0.1, -0.05) is 11.6 Å². The van der Waals surface area contributed by atoms with E-state index in [1.54, 1.807) is 12.3 Å². The third-order valence-electron chi connectivity index (χ3n) is 1.80. The van der Waals surface area contributed by atoms with Crippen molar-refractivity contribution in [3.05, 3.63) is 23.0 Å². The van der Waals surface area contributed by atoms with E-state index in [1.807, 2.05) is 6.07 Å². The molecule has 1 aliphatic carbocycles. The first-order chi connectivity index (χ1) is 6.31. The van der Waals surface area contributed by atoms with Gasteiger partial charge in [-0.05, 0) is 18.9 Å². The zero-order chi connectivity index (χ0) is 9.26. The summed E-state index contributed by atoms with van der Waals surface area (Å²) in [4.78, 5) is 3.80. The monoisotopic (exact) mass is 194 g/mol. The molecule has 0 N–H and O–H groups in total. The highest BCUT2D eigenvalue weighted by atomic mass is 35.5. The Morgan fingerprint density at radius 1 is 1.62 bits per heavy atom. The Labute approximate surface area is 80.9 Å². The molecule has 0 unspecified atom stereocenters. The van der Waals surface area contributed by atoms with Crippen molar-refractivity contribution in [1.29, 1.82) is 5.26 Å². The van der Waals surface area contributed by atoms with Crippen molar-refractivity contribution >= 4 is 11.6 Å². The maximum atomic E-state index is 8.78. The predicted octanol–water partition coefficient (Wildman–Crippen LogP) is 2.15. The van der Waals surface area contributed by atoms with Crippen molar-refractivity contribution in [2.75, 3.05) is 0 Å². The molecule has 1 aromatic rings. The van der Waals surface area contributed by atoms with E-state index in [4.69, 9.17) is 21.6 Å². The van der Waals surface area contributed by atoms with Crippen molar-refractivity contribution in [1.82, 2.24) is 4.98 Å². The van der Waals surface area contributed by atoms with Crippen molar-refractivity contribution < 1.29 is 4.74 Å². The van der Waals surface area contributed by atoms with E-state index in [0.29, 0.717) is 11.3 Å². The molecule has 13 heavy (non-hydrogen) atoms. The molecule has 0 amide bonds. The van der Waals surface area contributed by atoms with E-state index < -0.39 is 0 Å². The fourth-order valence-electron chi connectivity index (χ4n) is 0.985. The number of halogens is 1. The van der Waals surface area contributed by atoms with Crippen LogP contribution in [0.5, 0.6) is 5.75 Å². The highest BCUT2D eigenvalue weighted by molar-refractivity contribution is 6.30. The topological polar surface area (TPSA) is 45.9 Å². The lowest BCUT2D eigenvalue weighted by Gasteiger charge is -2.05. The lowest BCUT2D eigenvalue weighted by Crippen LogP contribution is -1.99. The lowest BCUT2D eigenvalue weighted by atomic mass is 10.3. The molecular weight excluding hydrogens is 188 g/mol. The molecule has 0 bridgehead atoms. The summed E-state index contributed by atoms with van der Waals surface area (Å²) in [6.45, 7) is 0. The smallest absolute Gasteiger partial charge is 0.150 e. The molecular formula is C9H7ClN2O.